The molecule has 0 radical (unpaired) electrons. The molecule has 2 aromatic carbocycles. The lowest BCUT2D eigenvalue weighted by atomic mass is 10.0. The summed E-state index contributed by atoms with van der Waals surface area (Å²) < 4.78 is 0. The van der Waals surface area contributed by atoms with E-state index in [1.54, 1.807) is 37.3 Å². The zero-order valence-electron chi connectivity index (χ0n) is 16.5. The van der Waals surface area contributed by atoms with Crippen molar-refractivity contribution in [2.45, 2.75) is 33.1 Å². The number of Topliss-reactive ketones (excluding diaryl/α,β-unsaturated/α-hetero) is 1. The maximum absolute atomic E-state index is 12.5. The van der Waals surface area contributed by atoms with Gasteiger partial charge in [-0.05, 0) is 31.0 Å². The molecular formula is C22H24Cl2N2O3. The van der Waals surface area contributed by atoms with Crippen molar-refractivity contribution in [2.24, 2.45) is 0 Å². The Morgan fingerprint density at radius 2 is 1.55 bits per heavy atom. The fourth-order valence-electron chi connectivity index (χ4n) is 2.80. The van der Waals surface area contributed by atoms with Gasteiger partial charge in [0, 0.05) is 24.9 Å². The molecule has 2 rings (SSSR count). The number of nitrogens with one attached hydrogen (secondary N) is 1. The molecule has 5 nitrogen and oxygen atoms in total. The molecule has 0 saturated heterocycles. The summed E-state index contributed by atoms with van der Waals surface area (Å²) in [6.07, 6.45) is 1.04. The lowest BCUT2D eigenvalue weighted by Gasteiger charge is -2.20. The summed E-state index contributed by atoms with van der Waals surface area (Å²) in [7, 11) is 0. The molecule has 0 aliphatic carbocycles. The van der Waals surface area contributed by atoms with Crippen LogP contribution in [0.1, 0.15) is 42.6 Å². The zero-order valence-corrected chi connectivity index (χ0v) is 18.0. The summed E-state index contributed by atoms with van der Waals surface area (Å²) in [6.45, 7) is 4.03. The summed E-state index contributed by atoms with van der Waals surface area (Å²) in [6, 6.07) is 12.3. The van der Waals surface area contributed by atoms with Crippen LogP contribution in [0.25, 0.3) is 0 Å². The first-order chi connectivity index (χ1) is 13.8. The molecule has 0 aliphatic rings. The summed E-state index contributed by atoms with van der Waals surface area (Å²) in [5.41, 5.74) is 2.05. The highest BCUT2D eigenvalue weighted by atomic mass is 35.5. The van der Waals surface area contributed by atoms with E-state index >= 15 is 0 Å². The minimum absolute atomic E-state index is 0.0440. The van der Waals surface area contributed by atoms with E-state index < -0.39 is 5.91 Å². The Morgan fingerprint density at radius 1 is 0.931 bits per heavy atom. The number of amides is 2. The number of carbonyl (C=O) groups excluding carboxylic acids is 3. The molecule has 2 amide bonds. The van der Waals surface area contributed by atoms with Crippen LogP contribution in [0.4, 0.5) is 5.69 Å². The van der Waals surface area contributed by atoms with Crippen LogP contribution in [0, 0.1) is 0 Å². The number of halogens is 2. The fourth-order valence-corrected chi connectivity index (χ4v) is 3.29. The first-order valence-corrected chi connectivity index (χ1v) is 10.2. The van der Waals surface area contributed by atoms with Gasteiger partial charge in [-0.15, -0.1) is 0 Å². The van der Waals surface area contributed by atoms with Gasteiger partial charge in [-0.25, -0.2) is 0 Å². The Bertz CT molecular complexity index is 862. The van der Waals surface area contributed by atoms with Crippen molar-refractivity contribution in [1.29, 1.82) is 0 Å². The van der Waals surface area contributed by atoms with E-state index in [0.29, 0.717) is 27.8 Å². The van der Waals surface area contributed by atoms with Gasteiger partial charge in [0.2, 0.25) is 11.8 Å². The molecule has 0 aromatic heterocycles. The van der Waals surface area contributed by atoms with Gasteiger partial charge in [0.1, 0.15) is 0 Å². The first-order valence-electron chi connectivity index (χ1n) is 9.49. The Kier molecular flexibility index (Phi) is 8.68. The number of hydrogen-bond donors (Lipinski definition) is 1. The van der Waals surface area contributed by atoms with E-state index in [2.05, 4.69) is 5.32 Å². The van der Waals surface area contributed by atoms with Crippen LogP contribution in [0.15, 0.2) is 42.5 Å². The van der Waals surface area contributed by atoms with Gasteiger partial charge in [-0.3, -0.25) is 14.4 Å². The van der Waals surface area contributed by atoms with E-state index in [9.17, 15) is 14.4 Å². The van der Waals surface area contributed by atoms with Gasteiger partial charge in [0.15, 0.2) is 5.78 Å². The normalized spacial score (nSPS) is 10.5. The predicted molar refractivity (Wildman–Crippen MR) is 117 cm³/mol. The number of para-hydroxylation sites is 1. The summed E-state index contributed by atoms with van der Waals surface area (Å²) in [5, 5.41) is 3.27. The molecule has 0 spiro atoms. The van der Waals surface area contributed by atoms with Gasteiger partial charge >= 0.3 is 0 Å². The highest BCUT2D eigenvalue weighted by Crippen LogP contribution is 2.29. The molecule has 0 fully saturated rings. The van der Waals surface area contributed by atoms with Crippen molar-refractivity contribution < 1.29 is 14.4 Å². The topological polar surface area (TPSA) is 66.5 Å². The SMILES string of the molecule is CCc1ccc(C(=O)CCC(=O)N(CC)CC(=O)Nc2c(Cl)cccc2Cl)cc1. The average molecular weight is 435 g/mol. The minimum Gasteiger partial charge on any atom is -0.334 e. The minimum atomic E-state index is -0.406. The number of ketones is 1. The molecule has 29 heavy (non-hydrogen) atoms. The third-order valence-corrected chi connectivity index (χ3v) is 5.18. The maximum Gasteiger partial charge on any atom is 0.244 e. The number of hydrogen-bond acceptors (Lipinski definition) is 3. The Labute approximate surface area is 181 Å². The van der Waals surface area contributed by atoms with Crippen LogP contribution in [0.3, 0.4) is 0 Å². The summed E-state index contributed by atoms with van der Waals surface area (Å²) in [4.78, 5) is 38.5. The van der Waals surface area contributed by atoms with Crippen LogP contribution >= 0.6 is 23.2 Å². The molecule has 1 N–H and O–H groups in total. The fraction of sp³-hybridized carbons (Fsp3) is 0.318. The second-order valence-electron chi connectivity index (χ2n) is 6.53. The molecule has 2 aromatic rings. The third kappa shape index (κ3) is 6.58. The van der Waals surface area contributed by atoms with E-state index in [-0.39, 0.29) is 31.1 Å². The number of carbonyl (C=O) groups is 3. The molecule has 0 heterocycles. The average Bonchev–Trinajstić information content (AvgIpc) is 2.72. The molecule has 0 aliphatic heterocycles. The van der Waals surface area contributed by atoms with Gasteiger partial charge in [0.05, 0.1) is 22.3 Å². The third-order valence-electron chi connectivity index (χ3n) is 4.55. The first kappa shape index (κ1) is 22.9. The van der Waals surface area contributed by atoms with Crippen molar-refractivity contribution in [3.05, 3.63) is 63.6 Å². The highest BCUT2D eigenvalue weighted by Gasteiger charge is 2.18. The van der Waals surface area contributed by atoms with E-state index in [0.717, 1.165) is 12.0 Å². The molecule has 154 valence electrons. The largest absolute Gasteiger partial charge is 0.334 e. The van der Waals surface area contributed by atoms with Gasteiger partial charge in [-0.2, -0.15) is 0 Å². The van der Waals surface area contributed by atoms with Crippen LogP contribution in [-0.2, 0) is 16.0 Å². The van der Waals surface area contributed by atoms with E-state index in [1.165, 1.54) is 4.90 Å². The standard InChI is InChI=1S/C22H24Cl2N2O3/c1-3-15-8-10-16(11-9-15)19(27)12-13-21(29)26(4-2)14-20(28)25-22-17(23)6-5-7-18(22)24/h5-11H,3-4,12-14H2,1-2H3,(H,25,28). The molecular weight excluding hydrogens is 411 g/mol. The molecule has 7 heteroatoms. The smallest absolute Gasteiger partial charge is 0.244 e. The molecule has 0 bridgehead atoms. The highest BCUT2D eigenvalue weighted by molar-refractivity contribution is 6.39. The van der Waals surface area contributed by atoms with E-state index in [1.807, 2.05) is 19.1 Å². The van der Waals surface area contributed by atoms with E-state index in [4.69, 9.17) is 23.2 Å². The van der Waals surface area contributed by atoms with Gasteiger partial charge in [0.25, 0.3) is 0 Å². The number of benzene rings is 2. The number of nitrogens with zero attached hydrogens (tertiary/aromatic N) is 1. The van der Waals surface area contributed by atoms with Crippen molar-refractivity contribution in [1.82, 2.24) is 4.90 Å². The number of aryl methyl sites for hydroxylation is 1. The Hall–Kier alpha value is -2.37. The monoisotopic (exact) mass is 434 g/mol. The Morgan fingerprint density at radius 3 is 2.10 bits per heavy atom. The summed E-state index contributed by atoms with van der Waals surface area (Å²) in [5.74, 6) is -0.757. The quantitative estimate of drug-likeness (QED) is 0.564. The van der Waals surface area contributed by atoms with Crippen LogP contribution in [-0.4, -0.2) is 35.6 Å². The molecule has 0 saturated carbocycles. The Balaban J connectivity index is 1.90. The van der Waals surface area contributed by atoms with Crippen LogP contribution < -0.4 is 5.32 Å². The van der Waals surface area contributed by atoms with Crippen molar-refractivity contribution >= 4 is 46.5 Å². The summed E-state index contributed by atoms with van der Waals surface area (Å²) >= 11 is 12.1. The van der Waals surface area contributed by atoms with Crippen molar-refractivity contribution in [3.8, 4) is 0 Å². The zero-order chi connectivity index (χ0) is 21.4. The molecule has 0 atom stereocenters. The second kappa shape index (κ2) is 11.0. The van der Waals surface area contributed by atoms with Crippen molar-refractivity contribution in [2.75, 3.05) is 18.4 Å². The maximum atomic E-state index is 12.5. The van der Waals surface area contributed by atoms with Crippen molar-refractivity contribution in [3.63, 3.8) is 0 Å². The van der Waals surface area contributed by atoms with Crippen LogP contribution in [0.2, 0.25) is 10.0 Å². The number of rotatable bonds is 9. The predicted octanol–water partition coefficient (Wildman–Crippen LogP) is 5.01. The van der Waals surface area contributed by atoms with Crippen LogP contribution in [0.5, 0.6) is 0 Å². The second-order valence-corrected chi connectivity index (χ2v) is 7.34. The van der Waals surface area contributed by atoms with Gasteiger partial charge < -0.3 is 10.2 Å². The number of likely N-dealkylation sites (N-methyl/N-ethyl adjacent to an activating group) is 1. The molecule has 0 unspecified atom stereocenters. The lowest BCUT2D eigenvalue weighted by molar-refractivity contribution is -0.134. The van der Waals surface area contributed by atoms with Gasteiger partial charge in [-0.1, -0.05) is 60.5 Å². The lowest BCUT2D eigenvalue weighted by Crippen LogP contribution is -2.38. The number of anilines is 1.